The molecule has 0 aromatic heterocycles. The molecule has 184 valence electrons. The number of hydrogen-bond acceptors (Lipinski definition) is 4. The van der Waals surface area contributed by atoms with Gasteiger partial charge in [0.2, 0.25) is 0 Å². The molecule has 1 aliphatic carbocycles. The van der Waals surface area contributed by atoms with E-state index in [1.807, 2.05) is 0 Å². The Balaban J connectivity index is 1.72. The first-order valence-corrected chi connectivity index (χ1v) is 11.1. The molecule has 2 fully saturated rings. The van der Waals surface area contributed by atoms with Gasteiger partial charge in [-0.05, 0) is 49.2 Å². The van der Waals surface area contributed by atoms with Crippen molar-refractivity contribution in [3.05, 3.63) is 58.9 Å². The first-order valence-electron chi connectivity index (χ1n) is 11.1. The Morgan fingerprint density at radius 2 is 1.69 bits per heavy atom. The number of alkyl halides is 3. The van der Waals surface area contributed by atoms with Gasteiger partial charge in [0.1, 0.15) is 5.82 Å². The van der Waals surface area contributed by atoms with E-state index in [1.54, 1.807) is 0 Å². The van der Waals surface area contributed by atoms with Crippen LogP contribution in [0.1, 0.15) is 47.2 Å². The van der Waals surface area contributed by atoms with Crippen molar-refractivity contribution in [2.75, 3.05) is 23.0 Å². The van der Waals surface area contributed by atoms with E-state index in [0.29, 0.717) is 12.8 Å². The second kappa shape index (κ2) is 9.54. The summed E-state index contributed by atoms with van der Waals surface area (Å²) >= 11 is 0. The molecule has 2 aromatic carbocycles. The van der Waals surface area contributed by atoms with Crippen LogP contribution < -0.4 is 15.1 Å². The zero-order chi connectivity index (χ0) is 25.3. The molecule has 1 heterocycles. The number of anilines is 2. The number of aliphatic hydroxyl groups excluding tert-OH is 1. The lowest BCUT2D eigenvalue weighted by atomic mass is 9.89. The molecule has 2 N–H and O–H groups in total. The summed E-state index contributed by atoms with van der Waals surface area (Å²) in [6.07, 6.45) is -2.07. The van der Waals surface area contributed by atoms with Crippen molar-refractivity contribution in [3.8, 4) is 6.07 Å². The number of urea groups is 1. The van der Waals surface area contributed by atoms with Crippen LogP contribution in [0.3, 0.4) is 0 Å². The molecule has 1 saturated carbocycles. The zero-order valence-corrected chi connectivity index (χ0v) is 18.5. The fourth-order valence-corrected chi connectivity index (χ4v) is 4.81. The van der Waals surface area contributed by atoms with Crippen molar-refractivity contribution in [3.63, 3.8) is 0 Å². The fourth-order valence-electron chi connectivity index (χ4n) is 4.81. The average molecular weight is 490 g/mol. The summed E-state index contributed by atoms with van der Waals surface area (Å²) in [6.45, 7) is -0.355. The number of nitriles is 1. The van der Waals surface area contributed by atoms with Gasteiger partial charge in [-0.15, -0.1) is 0 Å². The molecule has 0 bridgehead atoms. The highest BCUT2D eigenvalue weighted by Crippen LogP contribution is 2.42. The summed E-state index contributed by atoms with van der Waals surface area (Å²) in [5.41, 5.74) is -1.72. The van der Waals surface area contributed by atoms with Gasteiger partial charge in [-0.1, -0.05) is 12.8 Å². The van der Waals surface area contributed by atoms with Gasteiger partial charge in [0.25, 0.3) is 5.91 Å². The van der Waals surface area contributed by atoms with Gasteiger partial charge in [0, 0.05) is 17.9 Å². The van der Waals surface area contributed by atoms with Crippen LogP contribution in [0.15, 0.2) is 36.4 Å². The lowest BCUT2D eigenvalue weighted by Gasteiger charge is -2.32. The average Bonchev–Trinajstić information content (AvgIpc) is 3.13. The molecular formula is C24H22F4N4O3. The highest BCUT2D eigenvalue weighted by molar-refractivity contribution is 6.08. The minimum absolute atomic E-state index is 0.0150. The zero-order valence-electron chi connectivity index (χ0n) is 18.5. The predicted molar refractivity (Wildman–Crippen MR) is 118 cm³/mol. The molecule has 0 radical (unpaired) electrons. The first kappa shape index (κ1) is 24.5. The molecule has 2 aromatic rings. The lowest BCUT2D eigenvalue weighted by Crippen LogP contribution is -2.40. The normalized spacial score (nSPS) is 19.9. The van der Waals surface area contributed by atoms with Gasteiger partial charge < -0.3 is 10.4 Å². The first-order chi connectivity index (χ1) is 16.7. The van der Waals surface area contributed by atoms with Crippen molar-refractivity contribution in [2.24, 2.45) is 0 Å². The number of hydrogen-bond donors (Lipinski definition) is 2. The molecule has 0 unspecified atom stereocenters. The summed E-state index contributed by atoms with van der Waals surface area (Å²) in [7, 11) is 0. The van der Waals surface area contributed by atoms with Gasteiger partial charge in [-0.2, -0.15) is 18.4 Å². The molecular weight excluding hydrogens is 468 g/mol. The van der Waals surface area contributed by atoms with Crippen molar-refractivity contribution < 1.29 is 32.3 Å². The van der Waals surface area contributed by atoms with Crippen LogP contribution in [-0.2, 0) is 6.18 Å². The Labute approximate surface area is 198 Å². The molecule has 1 aliphatic heterocycles. The molecule has 0 spiro atoms. The van der Waals surface area contributed by atoms with Gasteiger partial charge in [0.05, 0.1) is 41.5 Å². The minimum atomic E-state index is -4.77. The smallest absolute Gasteiger partial charge is 0.395 e. The third kappa shape index (κ3) is 4.53. The second-order valence-corrected chi connectivity index (χ2v) is 8.42. The predicted octanol–water partition coefficient (Wildman–Crippen LogP) is 4.20. The highest BCUT2D eigenvalue weighted by Gasteiger charge is 2.48. The SMILES string of the molecule is N#Cc1ccc(N2C(=O)N(c3ccc(C(=O)NCCO)c(F)c3)[C@H]3CCCC[C@@H]32)cc1C(F)(F)F. The Hall–Kier alpha value is -3.65. The van der Waals surface area contributed by atoms with Gasteiger partial charge >= 0.3 is 12.2 Å². The quantitative estimate of drug-likeness (QED) is 0.614. The van der Waals surface area contributed by atoms with Gasteiger partial charge in [-0.3, -0.25) is 14.6 Å². The van der Waals surface area contributed by atoms with E-state index in [2.05, 4.69) is 5.32 Å². The summed E-state index contributed by atoms with van der Waals surface area (Å²) in [5.74, 6) is -1.58. The number of nitrogens with one attached hydrogen (secondary N) is 1. The third-order valence-corrected chi connectivity index (χ3v) is 6.35. The maximum absolute atomic E-state index is 14.8. The number of amides is 3. The maximum Gasteiger partial charge on any atom is 0.417 e. The van der Waals surface area contributed by atoms with Crippen LogP contribution in [0.25, 0.3) is 0 Å². The Kier molecular flexibility index (Phi) is 6.67. The van der Waals surface area contributed by atoms with Crippen molar-refractivity contribution in [1.82, 2.24) is 5.32 Å². The Bertz CT molecular complexity index is 1190. The molecule has 7 nitrogen and oxygen atoms in total. The number of fused-ring (bicyclic) bond motifs is 1. The van der Waals surface area contributed by atoms with Crippen LogP contribution in [-0.4, -0.2) is 42.3 Å². The summed E-state index contributed by atoms with van der Waals surface area (Å²) in [4.78, 5) is 28.3. The van der Waals surface area contributed by atoms with E-state index in [-0.39, 0.29) is 30.1 Å². The van der Waals surface area contributed by atoms with Crippen LogP contribution in [0.2, 0.25) is 0 Å². The van der Waals surface area contributed by atoms with Gasteiger partial charge in [0.15, 0.2) is 0 Å². The van der Waals surface area contributed by atoms with E-state index in [9.17, 15) is 27.2 Å². The Morgan fingerprint density at radius 3 is 2.23 bits per heavy atom. The Morgan fingerprint density at radius 1 is 1.09 bits per heavy atom. The van der Waals surface area contributed by atoms with E-state index < -0.39 is 47.1 Å². The molecule has 2 aliphatic rings. The highest BCUT2D eigenvalue weighted by atomic mass is 19.4. The number of rotatable bonds is 5. The van der Waals surface area contributed by atoms with Crippen LogP contribution >= 0.6 is 0 Å². The largest absolute Gasteiger partial charge is 0.417 e. The monoisotopic (exact) mass is 490 g/mol. The van der Waals surface area contributed by atoms with E-state index >= 15 is 0 Å². The summed E-state index contributed by atoms with van der Waals surface area (Å²) < 4.78 is 55.4. The van der Waals surface area contributed by atoms with Crippen LogP contribution in [0.4, 0.5) is 33.7 Å². The van der Waals surface area contributed by atoms with E-state index in [1.165, 1.54) is 34.1 Å². The standard InChI is InChI=1S/C24H22F4N4O3/c25-19-12-16(7-8-17(19)22(34)30-9-10-33)32-21-4-2-1-3-20(21)31(23(32)35)15-6-5-14(13-29)18(11-15)24(26,27)28/h5-8,11-12,20-21,33H,1-4,9-10H2,(H,30,34)/t20-,21-/m0/s1. The van der Waals surface area contributed by atoms with Crippen molar-refractivity contribution in [2.45, 2.75) is 43.9 Å². The van der Waals surface area contributed by atoms with E-state index in [0.717, 1.165) is 31.0 Å². The number of carbonyl (C=O) groups is 2. The number of carbonyl (C=O) groups excluding carboxylic acids is 2. The van der Waals surface area contributed by atoms with Crippen molar-refractivity contribution >= 4 is 23.3 Å². The summed E-state index contributed by atoms with van der Waals surface area (Å²) in [5, 5.41) is 20.3. The lowest BCUT2D eigenvalue weighted by molar-refractivity contribution is -0.137. The fraction of sp³-hybridized carbons (Fsp3) is 0.375. The van der Waals surface area contributed by atoms with Crippen LogP contribution in [0.5, 0.6) is 0 Å². The van der Waals surface area contributed by atoms with Crippen LogP contribution in [0, 0.1) is 17.1 Å². The topological polar surface area (TPSA) is 96.7 Å². The molecule has 2 atom stereocenters. The van der Waals surface area contributed by atoms with Crippen molar-refractivity contribution in [1.29, 1.82) is 5.26 Å². The molecule has 11 heteroatoms. The van der Waals surface area contributed by atoms with Gasteiger partial charge in [-0.25, -0.2) is 9.18 Å². The minimum Gasteiger partial charge on any atom is -0.395 e. The number of halogens is 4. The molecule has 1 saturated heterocycles. The number of nitrogens with zero attached hydrogens (tertiary/aromatic N) is 3. The molecule has 3 amide bonds. The molecule has 4 rings (SSSR count). The number of aliphatic hydroxyl groups is 1. The second-order valence-electron chi connectivity index (χ2n) is 8.42. The maximum atomic E-state index is 14.8. The summed E-state index contributed by atoms with van der Waals surface area (Å²) in [6, 6.07) is 6.99. The molecule has 35 heavy (non-hydrogen) atoms. The third-order valence-electron chi connectivity index (χ3n) is 6.35. The number of benzene rings is 2. The van der Waals surface area contributed by atoms with E-state index in [4.69, 9.17) is 10.4 Å².